The summed E-state index contributed by atoms with van der Waals surface area (Å²) in [7, 11) is 1.83. The lowest BCUT2D eigenvalue weighted by Gasteiger charge is -2.34. The Kier molecular flexibility index (Phi) is 5.77. The Bertz CT molecular complexity index is 221. The number of nitrogens with zero attached hydrogens (tertiary/aromatic N) is 2. The minimum atomic E-state index is 0.106. The summed E-state index contributed by atoms with van der Waals surface area (Å²) in [6, 6.07) is 0. The average molecular weight is 228 g/mol. The summed E-state index contributed by atoms with van der Waals surface area (Å²) < 4.78 is 5.67. The second kappa shape index (κ2) is 6.86. The van der Waals surface area contributed by atoms with Gasteiger partial charge in [0.05, 0.1) is 12.7 Å². The molecule has 1 aliphatic rings. The van der Waals surface area contributed by atoms with Crippen molar-refractivity contribution in [1.82, 2.24) is 9.80 Å². The Morgan fingerprint density at radius 3 is 2.94 bits per heavy atom. The molecule has 0 saturated carbocycles. The second-order valence-electron chi connectivity index (χ2n) is 4.55. The van der Waals surface area contributed by atoms with Crippen molar-refractivity contribution in [3.8, 4) is 0 Å². The van der Waals surface area contributed by atoms with Crippen LogP contribution in [0, 0.1) is 0 Å². The zero-order valence-corrected chi connectivity index (χ0v) is 10.7. The highest BCUT2D eigenvalue weighted by Crippen LogP contribution is 2.07. The maximum Gasteiger partial charge on any atom is 0.219 e. The van der Waals surface area contributed by atoms with E-state index >= 15 is 0 Å². The number of hydrogen-bond acceptors (Lipinski definition) is 3. The second-order valence-corrected chi connectivity index (χ2v) is 4.55. The van der Waals surface area contributed by atoms with E-state index in [2.05, 4.69) is 11.8 Å². The van der Waals surface area contributed by atoms with E-state index in [4.69, 9.17) is 4.74 Å². The Labute approximate surface area is 98.5 Å². The van der Waals surface area contributed by atoms with Gasteiger partial charge in [0.25, 0.3) is 0 Å². The van der Waals surface area contributed by atoms with Gasteiger partial charge in [0.2, 0.25) is 5.91 Å². The van der Waals surface area contributed by atoms with Crippen LogP contribution in [-0.4, -0.2) is 61.6 Å². The van der Waals surface area contributed by atoms with Crippen LogP contribution < -0.4 is 0 Å². The molecule has 0 aromatic heterocycles. The van der Waals surface area contributed by atoms with Gasteiger partial charge >= 0.3 is 0 Å². The summed E-state index contributed by atoms with van der Waals surface area (Å²) in [5, 5.41) is 0. The van der Waals surface area contributed by atoms with Crippen molar-refractivity contribution in [3.05, 3.63) is 0 Å². The fourth-order valence-electron chi connectivity index (χ4n) is 1.91. The first-order valence-corrected chi connectivity index (χ1v) is 6.19. The van der Waals surface area contributed by atoms with Gasteiger partial charge in [-0.15, -0.1) is 0 Å². The molecule has 0 spiro atoms. The summed E-state index contributed by atoms with van der Waals surface area (Å²) in [5.74, 6) is 0.106. The van der Waals surface area contributed by atoms with E-state index in [0.717, 1.165) is 26.2 Å². The quantitative estimate of drug-likeness (QED) is 0.703. The van der Waals surface area contributed by atoms with Crippen LogP contribution in [0.15, 0.2) is 0 Å². The predicted molar refractivity (Wildman–Crippen MR) is 64.4 cm³/mol. The highest BCUT2D eigenvalue weighted by atomic mass is 16.5. The van der Waals surface area contributed by atoms with E-state index in [9.17, 15) is 4.79 Å². The van der Waals surface area contributed by atoms with Crippen molar-refractivity contribution in [2.45, 2.75) is 32.8 Å². The average Bonchev–Trinajstić information content (AvgIpc) is 2.26. The Balaban J connectivity index is 2.29. The molecule has 1 saturated heterocycles. The predicted octanol–water partition coefficient (Wildman–Crippen LogP) is 0.966. The molecule has 0 bridgehead atoms. The van der Waals surface area contributed by atoms with Crippen LogP contribution in [0.2, 0.25) is 0 Å². The van der Waals surface area contributed by atoms with Gasteiger partial charge in [-0.05, 0) is 13.0 Å². The van der Waals surface area contributed by atoms with Crippen molar-refractivity contribution < 1.29 is 9.53 Å². The number of carbonyl (C=O) groups is 1. The number of amides is 1. The van der Waals surface area contributed by atoms with Crippen LogP contribution in [0.3, 0.4) is 0 Å². The number of hydrogen-bond donors (Lipinski definition) is 0. The first-order valence-electron chi connectivity index (χ1n) is 6.19. The van der Waals surface area contributed by atoms with E-state index in [-0.39, 0.29) is 12.0 Å². The number of unbranched alkanes of at least 4 members (excludes halogenated alkanes) is 1. The molecule has 0 aromatic rings. The first-order chi connectivity index (χ1) is 7.63. The van der Waals surface area contributed by atoms with Crippen LogP contribution in [0.25, 0.3) is 0 Å². The number of likely N-dealkylation sites (N-methyl/N-ethyl adjacent to an activating group) is 1. The standard InChI is InChI=1S/C12H24N2O2/c1-4-5-6-14-7-8-16-12(10-14)9-13(3)11(2)15/h12H,4-10H2,1-3H3. The van der Waals surface area contributed by atoms with Gasteiger partial charge < -0.3 is 9.64 Å². The highest BCUT2D eigenvalue weighted by Gasteiger charge is 2.21. The van der Waals surface area contributed by atoms with Gasteiger partial charge in [0.15, 0.2) is 0 Å². The molecule has 0 N–H and O–H groups in total. The fourth-order valence-corrected chi connectivity index (χ4v) is 1.91. The molecule has 1 atom stereocenters. The number of ether oxygens (including phenoxy) is 1. The molecule has 1 fully saturated rings. The highest BCUT2D eigenvalue weighted by molar-refractivity contribution is 5.72. The van der Waals surface area contributed by atoms with Gasteiger partial charge in [-0.2, -0.15) is 0 Å². The summed E-state index contributed by atoms with van der Waals surface area (Å²) in [6.45, 7) is 8.44. The van der Waals surface area contributed by atoms with Gasteiger partial charge in [-0.1, -0.05) is 13.3 Å². The molecule has 0 aromatic carbocycles. The fraction of sp³-hybridized carbons (Fsp3) is 0.917. The van der Waals surface area contributed by atoms with Crippen LogP contribution in [0.5, 0.6) is 0 Å². The molecule has 1 amide bonds. The van der Waals surface area contributed by atoms with E-state index in [1.807, 2.05) is 7.05 Å². The number of carbonyl (C=O) groups excluding carboxylic acids is 1. The van der Waals surface area contributed by atoms with Crippen molar-refractivity contribution in [2.24, 2.45) is 0 Å². The van der Waals surface area contributed by atoms with Crippen molar-refractivity contribution in [2.75, 3.05) is 39.8 Å². The molecular weight excluding hydrogens is 204 g/mol. The van der Waals surface area contributed by atoms with Crippen molar-refractivity contribution in [3.63, 3.8) is 0 Å². The first kappa shape index (κ1) is 13.5. The molecule has 94 valence electrons. The van der Waals surface area contributed by atoms with E-state index in [1.165, 1.54) is 12.8 Å². The molecule has 4 nitrogen and oxygen atoms in total. The molecule has 1 heterocycles. The maximum absolute atomic E-state index is 11.1. The summed E-state index contributed by atoms with van der Waals surface area (Å²) in [6.07, 6.45) is 2.66. The third kappa shape index (κ3) is 4.49. The molecule has 4 heteroatoms. The maximum atomic E-state index is 11.1. The van der Waals surface area contributed by atoms with E-state index in [1.54, 1.807) is 11.8 Å². The SMILES string of the molecule is CCCCN1CCOC(CN(C)C(C)=O)C1. The Hall–Kier alpha value is -0.610. The van der Waals surface area contributed by atoms with Gasteiger partial charge in [-0.3, -0.25) is 9.69 Å². The smallest absolute Gasteiger partial charge is 0.219 e. The van der Waals surface area contributed by atoms with Crippen molar-refractivity contribution in [1.29, 1.82) is 0 Å². The lowest BCUT2D eigenvalue weighted by Crippen LogP contribution is -2.47. The molecule has 1 aliphatic heterocycles. The Morgan fingerprint density at radius 2 is 2.31 bits per heavy atom. The van der Waals surface area contributed by atoms with Gasteiger partial charge in [0.1, 0.15) is 0 Å². The van der Waals surface area contributed by atoms with E-state index < -0.39 is 0 Å². The van der Waals surface area contributed by atoms with Gasteiger partial charge in [-0.25, -0.2) is 0 Å². The normalized spacial score (nSPS) is 22.1. The van der Waals surface area contributed by atoms with Crippen LogP contribution in [-0.2, 0) is 9.53 Å². The van der Waals surface area contributed by atoms with Gasteiger partial charge in [0, 0.05) is 33.6 Å². The third-order valence-corrected chi connectivity index (χ3v) is 3.07. The molecule has 16 heavy (non-hydrogen) atoms. The summed E-state index contributed by atoms with van der Waals surface area (Å²) in [4.78, 5) is 15.3. The molecule has 0 aliphatic carbocycles. The number of morpholine rings is 1. The van der Waals surface area contributed by atoms with Crippen molar-refractivity contribution >= 4 is 5.91 Å². The van der Waals surface area contributed by atoms with Crippen LogP contribution in [0.1, 0.15) is 26.7 Å². The lowest BCUT2D eigenvalue weighted by molar-refractivity contribution is -0.130. The van der Waals surface area contributed by atoms with E-state index in [0.29, 0.717) is 6.54 Å². The lowest BCUT2D eigenvalue weighted by atomic mass is 10.2. The zero-order valence-electron chi connectivity index (χ0n) is 10.7. The minimum Gasteiger partial charge on any atom is -0.374 e. The molecule has 1 rings (SSSR count). The summed E-state index contributed by atoms with van der Waals surface area (Å²) in [5.41, 5.74) is 0. The molecular formula is C12H24N2O2. The topological polar surface area (TPSA) is 32.8 Å². The monoisotopic (exact) mass is 228 g/mol. The largest absolute Gasteiger partial charge is 0.374 e. The molecule has 1 unspecified atom stereocenters. The zero-order chi connectivity index (χ0) is 12.0. The minimum absolute atomic E-state index is 0.106. The number of rotatable bonds is 5. The Morgan fingerprint density at radius 1 is 1.56 bits per heavy atom. The molecule has 0 radical (unpaired) electrons. The van der Waals surface area contributed by atoms with Crippen LogP contribution in [0.4, 0.5) is 0 Å². The van der Waals surface area contributed by atoms with Crippen LogP contribution >= 0.6 is 0 Å². The summed E-state index contributed by atoms with van der Waals surface area (Å²) >= 11 is 0. The third-order valence-electron chi connectivity index (χ3n) is 3.07.